The Kier molecular flexibility index (Phi) is 3.34. The third-order valence-corrected chi connectivity index (χ3v) is 2.84. The average molecular weight is 239 g/mol. The molecule has 0 bridgehead atoms. The predicted octanol–water partition coefficient (Wildman–Crippen LogP) is 2.43. The fourth-order valence-corrected chi connectivity index (χ4v) is 1.99. The summed E-state index contributed by atoms with van der Waals surface area (Å²) in [6, 6.07) is 5.81. The molecule has 0 atom stereocenters. The van der Waals surface area contributed by atoms with E-state index in [-0.39, 0.29) is 0 Å². The monoisotopic (exact) mass is 238 g/mol. The Morgan fingerprint density at radius 2 is 2.31 bits per heavy atom. The average Bonchev–Trinajstić information content (AvgIpc) is 2.68. The van der Waals surface area contributed by atoms with E-state index in [0.717, 1.165) is 30.2 Å². The van der Waals surface area contributed by atoms with E-state index < -0.39 is 0 Å². The van der Waals surface area contributed by atoms with E-state index in [1.54, 1.807) is 0 Å². The van der Waals surface area contributed by atoms with Crippen LogP contribution in [-0.2, 0) is 0 Å². The van der Waals surface area contributed by atoms with Crippen molar-refractivity contribution in [3.05, 3.63) is 28.8 Å². The van der Waals surface area contributed by atoms with Crippen LogP contribution in [0, 0.1) is 0 Å². The van der Waals surface area contributed by atoms with Gasteiger partial charge in [-0.05, 0) is 25.1 Å². The molecule has 0 aliphatic carbocycles. The van der Waals surface area contributed by atoms with Crippen molar-refractivity contribution in [2.24, 2.45) is 4.99 Å². The van der Waals surface area contributed by atoms with Gasteiger partial charge < -0.3 is 9.64 Å². The summed E-state index contributed by atoms with van der Waals surface area (Å²) in [7, 11) is 2.04. The summed E-state index contributed by atoms with van der Waals surface area (Å²) in [4.78, 5) is 6.58. The lowest BCUT2D eigenvalue weighted by Gasteiger charge is -2.14. The first-order valence-electron chi connectivity index (χ1n) is 5.40. The lowest BCUT2D eigenvalue weighted by atomic mass is 10.2. The van der Waals surface area contributed by atoms with Gasteiger partial charge in [0.15, 0.2) is 0 Å². The van der Waals surface area contributed by atoms with Crippen molar-refractivity contribution in [1.29, 1.82) is 0 Å². The quantitative estimate of drug-likeness (QED) is 0.808. The van der Waals surface area contributed by atoms with Gasteiger partial charge in [0.1, 0.15) is 11.6 Å². The van der Waals surface area contributed by atoms with Crippen LogP contribution in [-0.4, -0.2) is 37.5 Å². The molecule has 0 spiro atoms. The zero-order valence-corrected chi connectivity index (χ0v) is 10.3. The van der Waals surface area contributed by atoms with Gasteiger partial charge in [-0.3, -0.25) is 4.99 Å². The molecular formula is C12H15ClN2O. The van der Waals surface area contributed by atoms with Crippen LogP contribution in [0.3, 0.4) is 0 Å². The summed E-state index contributed by atoms with van der Waals surface area (Å²) in [6.45, 7) is 4.40. The van der Waals surface area contributed by atoms with E-state index in [2.05, 4.69) is 9.89 Å². The Balaban J connectivity index is 2.27. The maximum absolute atomic E-state index is 6.14. The van der Waals surface area contributed by atoms with Crippen LogP contribution < -0.4 is 4.74 Å². The number of halogens is 1. The van der Waals surface area contributed by atoms with Gasteiger partial charge in [0.25, 0.3) is 0 Å². The van der Waals surface area contributed by atoms with Crippen LogP contribution in [0.1, 0.15) is 12.5 Å². The third-order valence-electron chi connectivity index (χ3n) is 2.55. The Hall–Kier alpha value is -1.22. The van der Waals surface area contributed by atoms with Crippen molar-refractivity contribution in [1.82, 2.24) is 4.90 Å². The molecular weight excluding hydrogens is 224 g/mol. The molecule has 0 N–H and O–H groups in total. The zero-order valence-electron chi connectivity index (χ0n) is 9.53. The van der Waals surface area contributed by atoms with Gasteiger partial charge in [-0.15, -0.1) is 0 Å². The minimum absolute atomic E-state index is 0.625. The largest absolute Gasteiger partial charge is 0.492 e. The van der Waals surface area contributed by atoms with Crippen molar-refractivity contribution < 1.29 is 4.74 Å². The summed E-state index contributed by atoms with van der Waals surface area (Å²) in [5, 5.41) is 0.641. The maximum Gasteiger partial charge on any atom is 0.137 e. The Labute approximate surface area is 101 Å². The van der Waals surface area contributed by atoms with Crippen molar-refractivity contribution in [2.75, 3.05) is 26.7 Å². The molecule has 0 amide bonds. The Bertz CT molecular complexity index is 417. The van der Waals surface area contributed by atoms with E-state index in [1.807, 2.05) is 32.2 Å². The van der Waals surface area contributed by atoms with Crippen molar-refractivity contribution in [2.45, 2.75) is 6.92 Å². The molecule has 1 aliphatic rings. The molecule has 1 heterocycles. The highest BCUT2D eigenvalue weighted by molar-refractivity contribution is 6.32. The SMILES string of the molecule is CCOc1ccc(C2=NCCN2C)cc1Cl. The van der Waals surface area contributed by atoms with Gasteiger partial charge in [-0.1, -0.05) is 11.6 Å². The number of nitrogens with zero attached hydrogens (tertiary/aromatic N) is 2. The number of benzene rings is 1. The van der Waals surface area contributed by atoms with E-state index in [1.165, 1.54) is 0 Å². The normalized spacial score (nSPS) is 15.2. The fraction of sp³-hybridized carbons (Fsp3) is 0.417. The standard InChI is InChI=1S/C12H15ClN2O/c1-3-16-11-5-4-9(8-10(11)13)12-14-6-7-15(12)2/h4-5,8H,3,6-7H2,1-2H3. The van der Waals surface area contributed by atoms with Gasteiger partial charge in [-0.2, -0.15) is 0 Å². The molecule has 3 nitrogen and oxygen atoms in total. The highest BCUT2D eigenvalue weighted by atomic mass is 35.5. The van der Waals surface area contributed by atoms with Crippen LogP contribution in [0.5, 0.6) is 5.75 Å². The number of likely N-dealkylation sites (N-methyl/N-ethyl adjacent to an activating group) is 1. The molecule has 0 radical (unpaired) electrons. The number of aliphatic imine (C=N–C) groups is 1. The lowest BCUT2D eigenvalue weighted by Crippen LogP contribution is -2.23. The van der Waals surface area contributed by atoms with E-state index in [4.69, 9.17) is 16.3 Å². The number of amidine groups is 1. The molecule has 16 heavy (non-hydrogen) atoms. The molecule has 86 valence electrons. The minimum atomic E-state index is 0.625. The minimum Gasteiger partial charge on any atom is -0.492 e. The number of ether oxygens (including phenoxy) is 1. The van der Waals surface area contributed by atoms with Crippen LogP contribution in [0.4, 0.5) is 0 Å². The first-order valence-corrected chi connectivity index (χ1v) is 5.78. The van der Waals surface area contributed by atoms with Gasteiger partial charge in [0.2, 0.25) is 0 Å². The summed E-state index contributed by atoms with van der Waals surface area (Å²) >= 11 is 6.14. The van der Waals surface area contributed by atoms with E-state index in [9.17, 15) is 0 Å². The van der Waals surface area contributed by atoms with Gasteiger partial charge in [0, 0.05) is 19.2 Å². The third kappa shape index (κ3) is 2.14. The highest BCUT2D eigenvalue weighted by Gasteiger charge is 2.15. The maximum atomic E-state index is 6.14. The molecule has 1 aromatic rings. The van der Waals surface area contributed by atoms with Gasteiger partial charge >= 0.3 is 0 Å². The van der Waals surface area contributed by atoms with Crippen LogP contribution in [0.15, 0.2) is 23.2 Å². The topological polar surface area (TPSA) is 24.8 Å². The number of hydrogen-bond donors (Lipinski definition) is 0. The molecule has 0 saturated carbocycles. The first-order chi connectivity index (χ1) is 7.72. The lowest BCUT2D eigenvalue weighted by molar-refractivity contribution is 0.340. The Morgan fingerprint density at radius 1 is 1.50 bits per heavy atom. The summed E-state index contributed by atoms with van der Waals surface area (Å²) in [5.41, 5.74) is 1.05. The van der Waals surface area contributed by atoms with E-state index >= 15 is 0 Å². The smallest absolute Gasteiger partial charge is 0.137 e. The second-order valence-corrected chi connectivity index (χ2v) is 4.11. The summed E-state index contributed by atoms with van der Waals surface area (Å²) in [5.74, 6) is 1.74. The molecule has 4 heteroatoms. The molecule has 1 aromatic carbocycles. The summed E-state index contributed by atoms with van der Waals surface area (Å²) < 4.78 is 5.40. The molecule has 0 aromatic heterocycles. The van der Waals surface area contributed by atoms with Gasteiger partial charge in [0.05, 0.1) is 18.2 Å². The molecule has 0 fully saturated rings. The molecule has 1 aliphatic heterocycles. The fourth-order valence-electron chi connectivity index (χ4n) is 1.76. The predicted molar refractivity (Wildman–Crippen MR) is 66.7 cm³/mol. The molecule has 0 unspecified atom stereocenters. The van der Waals surface area contributed by atoms with Crippen LogP contribution in [0.2, 0.25) is 5.02 Å². The number of rotatable bonds is 3. The molecule has 0 saturated heterocycles. The van der Waals surface area contributed by atoms with Gasteiger partial charge in [-0.25, -0.2) is 0 Å². The second kappa shape index (κ2) is 4.74. The van der Waals surface area contributed by atoms with Crippen molar-refractivity contribution in [3.8, 4) is 5.75 Å². The Morgan fingerprint density at radius 3 is 2.88 bits per heavy atom. The van der Waals surface area contributed by atoms with Crippen molar-refractivity contribution in [3.63, 3.8) is 0 Å². The zero-order chi connectivity index (χ0) is 11.5. The second-order valence-electron chi connectivity index (χ2n) is 3.71. The van der Waals surface area contributed by atoms with Crippen LogP contribution in [0.25, 0.3) is 0 Å². The van der Waals surface area contributed by atoms with Crippen LogP contribution >= 0.6 is 11.6 Å². The number of hydrogen-bond acceptors (Lipinski definition) is 3. The summed E-state index contributed by atoms with van der Waals surface area (Å²) in [6.07, 6.45) is 0. The van der Waals surface area contributed by atoms with E-state index in [0.29, 0.717) is 11.6 Å². The van der Waals surface area contributed by atoms with Crippen molar-refractivity contribution >= 4 is 17.4 Å². The molecule has 2 rings (SSSR count). The highest BCUT2D eigenvalue weighted by Crippen LogP contribution is 2.26. The first kappa shape index (κ1) is 11.3.